The molecule has 0 radical (unpaired) electrons. The van der Waals surface area contributed by atoms with Crippen LogP contribution in [0.5, 0.6) is 0 Å². The SMILES string of the molecule is NC(=O)c1cc(C(=O)OCc2ccccc2Cl)c[nH]1. The molecule has 0 saturated carbocycles. The van der Waals surface area contributed by atoms with Gasteiger partial charge in [-0.2, -0.15) is 0 Å². The van der Waals surface area contributed by atoms with Crippen LogP contribution in [0.1, 0.15) is 26.4 Å². The standard InChI is InChI=1S/C13H11ClN2O3/c14-10-4-2-1-3-8(10)7-19-13(18)9-5-11(12(15)17)16-6-9/h1-6,16H,7H2,(H2,15,17). The Morgan fingerprint density at radius 3 is 2.68 bits per heavy atom. The van der Waals surface area contributed by atoms with Crippen LogP contribution in [0, 0.1) is 0 Å². The van der Waals surface area contributed by atoms with Crippen LogP contribution in [0.3, 0.4) is 0 Å². The molecule has 0 atom stereocenters. The average Bonchev–Trinajstić information content (AvgIpc) is 2.87. The number of carbonyl (C=O) groups excluding carboxylic acids is 2. The number of carbonyl (C=O) groups is 2. The lowest BCUT2D eigenvalue weighted by molar-refractivity contribution is 0.0473. The number of nitrogens with two attached hydrogens (primary N) is 1. The molecule has 1 aromatic carbocycles. The third kappa shape index (κ3) is 3.14. The van der Waals surface area contributed by atoms with Crippen molar-refractivity contribution in [2.24, 2.45) is 5.73 Å². The fraction of sp³-hybridized carbons (Fsp3) is 0.0769. The van der Waals surface area contributed by atoms with Gasteiger partial charge in [0.1, 0.15) is 12.3 Å². The first-order chi connectivity index (χ1) is 9.08. The second-order valence-corrected chi connectivity index (χ2v) is 4.24. The number of aromatic nitrogens is 1. The van der Waals surface area contributed by atoms with Gasteiger partial charge in [0.2, 0.25) is 0 Å². The summed E-state index contributed by atoms with van der Waals surface area (Å²) in [6, 6.07) is 8.42. The second kappa shape index (κ2) is 5.58. The van der Waals surface area contributed by atoms with Crippen LogP contribution in [0.2, 0.25) is 5.02 Å². The Morgan fingerprint density at radius 2 is 2.05 bits per heavy atom. The number of esters is 1. The van der Waals surface area contributed by atoms with E-state index in [0.717, 1.165) is 0 Å². The predicted molar refractivity (Wildman–Crippen MR) is 69.9 cm³/mol. The van der Waals surface area contributed by atoms with Crippen molar-refractivity contribution in [3.63, 3.8) is 0 Å². The van der Waals surface area contributed by atoms with Crippen LogP contribution >= 0.6 is 11.6 Å². The fourth-order valence-corrected chi connectivity index (χ4v) is 1.69. The van der Waals surface area contributed by atoms with E-state index < -0.39 is 11.9 Å². The largest absolute Gasteiger partial charge is 0.457 e. The molecule has 2 rings (SSSR count). The number of nitrogens with one attached hydrogen (secondary N) is 1. The summed E-state index contributed by atoms with van der Waals surface area (Å²) >= 11 is 5.94. The maximum Gasteiger partial charge on any atom is 0.340 e. The number of rotatable bonds is 4. The first-order valence-electron chi connectivity index (χ1n) is 5.46. The average molecular weight is 279 g/mol. The summed E-state index contributed by atoms with van der Waals surface area (Å²) in [4.78, 5) is 25.2. The number of amides is 1. The number of benzene rings is 1. The highest BCUT2D eigenvalue weighted by molar-refractivity contribution is 6.31. The number of primary amides is 1. The fourth-order valence-electron chi connectivity index (χ4n) is 1.50. The van der Waals surface area contributed by atoms with Crippen molar-refractivity contribution in [3.05, 3.63) is 58.4 Å². The Morgan fingerprint density at radius 1 is 1.32 bits per heavy atom. The van der Waals surface area contributed by atoms with Gasteiger partial charge >= 0.3 is 5.97 Å². The minimum absolute atomic E-state index is 0.0651. The minimum Gasteiger partial charge on any atom is -0.457 e. The van der Waals surface area contributed by atoms with E-state index in [0.29, 0.717) is 10.6 Å². The van der Waals surface area contributed by atoms with Crippen molar-refractivity contribution in [1.29, 1.82) is 0 Å². The lowest BCUT2D eigenvalue weighted by Gasteiger charge is -2.05. The Balaban J connectivity index is 2.01. The predicted octanol–water partition coefficient (Wildman–Crippen LogP) is 2.12. The molecule has 0 aliphatic heterocycles. The van der Waals surface area contributed by atoms with Gasteiger partial charge in [-0.25, -0.2) is 4.79 Å². The third-order valence-electron chi connectivity index (χ3n) is 2.50. The van der Waals surface area contributed by atoms with Crippen LogP contribution in [-0.4, -0.2) is 16.9 Å². The van der Waals surface area contributed by atoms with E-state index in [-0.39, 0.29) is 17.9 Å². The van der Waals surface area contributed by atoms with Crippen LogP contribution in [0.15, 0.2) is 36.5 Å². The van der Waals surface area contributed by atoms with E-state index >= 15 is 0 Å². The van der Waals surface area contributed by atoms with Gasteiger partial charge in [0.15, 0.2) is 0 Å². The molecular weight excluding hydrogens is 268 g/mol. The Hall–Kier alpha value is -2.27. The van der Waals surface area contributed by atoms with E-state index in [2.05, 4.69) is 4.98 Å². The highest BCUT2D eigenvalue weighted by Crippen LogP contribution is 2.16. The van der Waals surface area contributed by atoms with Crippen LogP contribution in [0.4, 0.5) is 0 Å². The molecule has 5 nitrogen and oxygen atoms in total. The first kappa shape index (κ1) is 13.2. The smallest absolute Gasteiger partial charge is 0.340 e. The zero-order valence-corrected chi connectivity index (χ0v) is 10.6. The minimum atomic E-state index is -0.634. The molecule has 0 aliphatic rings. The monoisotopic (exact) mass is 278 g/mol. The van der Waals surface area contributed by atoms with Gasteiger partial charge in [0.25, 0.3) is 5.91 Å². The second-order valence-electron chi connectivity index (χ2n) is 3.83. The zero-order valence-electron chi connectivity index (χ0n) is 9.85. The lowest BCUT2D eigenvalue weighted by Crippen LogP contribution is -2.11. The molecule has 3 N–H and O–H groups in total. The molecule has 0 unspecified atom stereocenters. The van der Waals surface area contributed by atoms with Crippen molar-refractivity contribution in [2.45, 2.75) is 6.61 Å². The summed E-state index contributed by atoms with van der Waals surface area (Å²) in [6.45, 7) is 0.0651. The molecule has 1 amide bonds. The molecule has 0 saturated heterocycles. The molecule has 2 aromatic rings. The van der Waals surface area contributed by atoms with E-state index in [4.69, 9.17) is 22.1 Å². The Labute approximate surface area is 114 Å². The molecule has 98 valence electrons. The van der Waals surface area contributed by atoms with Gasteiger partial charge in [0, 0.05) is 16.8 Å². The third-order valence-corrected chi connectivity index (χ3v) is 2.87. The maximum absolute atomic E-state index is 11.7. The van der Waals surface area contributed by atoms with Gasteiger partial charge in [-0.1, -0.05) is 29.8 Å². The van der Waals surface area contributed by atoms with Crippen LogP contribution in [-0.2, 0) is 11.3 Å². The van der Waals surface area contributed by atoms with Gasteiger partial charge < -0.3 is 15.5 Å². The van der Waals surface area contributed by atoms with Crippen molar-refractivity contribution in [1.82, 2.24) is 4.98 Å². The van der Waals surface area contributed by atoms with E-state index in [1.54, 1.807) is 24.3 Å². The topological polar surface area (TPSA) is 85.2 Å². The number of hydrogen-bond donors (Lipinski definition) is 2. The van der Waals surface area contributed by atoms with Crippen LogP contribution in [0.25, 0.3) is 0 Å². The van der Waals surface area contributed by atoms with E-state index in [1.165, 1.54) is 12.3 Å². The quantitative estimate of drug-likeness (QED) is 0.840. The molecule has 0 spiro atoms. The number of halogens is 1. The van der Waals surface area contributed by atoms with Crippen molar-refractivity contribution >= 4 is 23.5 Å². The Bertz CT molecular complexity index is 622. The van der Waals surface area contributed by atoms with E-state index in [9.17, 15) is 9.59 Å². The molecule has 1 aromatic heterocycles. The van der Waals surface area contributed by atoms with Crippen LogP contribution < -0.4 is 5.73 Å². The van der Waals surface area contributed by atoms with Crippen molar-refractivity contribution < 1.29 is 14.3 Å². The highest BCUT2D eigenvalue weighted by atomic mass is 35.5. The lowest BCUT2D eigenvalue weighted by atomic mass is 10.2. The van der Waals surface area contributed by atoms with Crippen molar-refractivity contribution in [2.75, 3.05) is 0 Å². The Kier molecular flexibility index (Phi) is 3.87. The summed E-state index contributed by atoms with van der Waals surface area (Å²) in [5, 5.41) is 0.530. The number of hydrogen-bond acceptors (Lipinski definition) is 3. The summed E-state index contributed by atoms with van der Waals surface area (Å²) in [6.07, 6.45) is 1.37. The summed E-state index contributed by atoms with van der Waals surface area (Å²) in [5.41, 5.74) is 6.18. The normalized spacial score (nSPS) is 10.2. The van der Waals surface area contributed by atoms with E-state index in [1.807, 2.05) is 0 Å². The van der Waals surface area contributed by atoms with Gasteiger partial charge in [0.05, 0.1) is 5.56 Å². The molecular formula is C13H11ClN2O3. The molecule has 0 bridgehead atoms. The molecule has 1 heterocycles. The molecule has 19 heavy (non-hydrogen) atoms. The summed E-state index contributed by atoms with van der Waals surface area (Å²) < 4.78 is 5.09. The first-order valence-corrected chi connectivity index (χ1v) is 5.84. The van der Waals surface area contributed by atoms with Gasteiger partial charge in [-0.05, 0) is 12.1 Å². The molecule has 6 heteroatoms. The number of ether oxygens (including phenoxy) is 1. The van der Waals surface area contributed by atoms with Gasteiger partial charge in [-0.15, -0.1) is 0 Å². The molecule has 0 aliphatic carbocycles. The molecule has 0 fully saturated rings. The maximum atomic E-state index is 11.7. The summed E-state index contributed by atoms with van der Waals surface area (Å²) in [7, 11) is 0. The van der Waals surface area contributed by atoms with Crippen molar-refractivity contribution in [3.8, 4) is 0 Å². The number of H-pyrrole nitrogens is 1. The zero-order chi connectivity index (χ0) is 13.8. The van der Waals surface area contributed by atoms with Gasteiger partial charge in [-0.3, -0.25) is 4.79 Å². The number of aromatic amines is 1. The highest BCUT2D eigenvalue weighted by Gasteiger charge is 2.12. The summed E-state index contributed by atoms with van der Waals surface area (Å²) in [5.74, 6) is -1.19.